The number of amides is 1. The second-order valence-electron chi connectivity index (χ2n) is 9.22. The minimum Gasteiger partial charge on any atom is -0.356 e. The van der Waals surface area contributed by atoms with Crippen LogP contribution in [0.1, 0.15) is 44.1 Å². The molecule has 6 heteroatoms. The zero-order valence-corrected chi connectivity index (χ0v) is 20.7. The molecule has 186 valence electrons. The van der Waals surface area contributed by atoms with Crippen LogP contribution in [0.15, 0.2) is 90.9 Å². The van der Waals surface area contributed by atoms with E-state index in [1.54, 1.807) is 12.4 Å². The Morgan fingerprint density at radius 3 is 2.36 bits per heavy atom. The highest BCUT2D eigenvalue weighted by Gasteiger charge is 2.29. The van der Waals surface area contributed by atoms with Gasteiger partial charge in [-0.2, -0.15) is 0 Å². The second kappa shape index (κ2) is 13.3. The number of hydrazine groups is 1. The minimum atomic E-state index is 0.0836. The van der Waals surface area contributed by atoms with Crippen LogP contribution in [-0.2, 0) is 16.0 Å². The zero-order chi connectivity index (χ0) is 25.0. The molecular weight excluding hydrogens is 448 g/mol. The number of carbonyl (C=O) groups is 1. The number of hydrogen-bond acceptors (Lipinski definition) is 5. The molecule has 1 fully saturated rings. The maximum absolute atomic E-state index is 12.1. The van der Waals surface area contributed by atoms with E-state index in [9.17, 15) is 9.59 Å². The van der Waals surface area contributed by atoms with Crippen molar-refractivity contribution in [3.05, 3.63) is 96.5 Å². The molecule has 1 N–H and O–H groups in total. The van der Waals surface area contributed by atoms with Crippen LogP contribution in [0.4, 0.5) is 11.4 Å². The van der Waals surface area contributed by atoms with E-state index in [1.807, 2.05) is 48.5 Å². The first-order valence-corrected chi connectivity index (χ1v) is 12.8. The fourth-order valence-electron chi connectivity index (χ4n) is 4.73. The van der Waals surface area contributed by atoms with E-state index in [0.29, 0.717) is 31.0 Å². The lowest BCUT2D eigenvalue weighted by atomic mass is 9.90. The van der Waals surface area contributed by atoms with Gasteiger partial charge in [0.1, 0.15) is 11.6 Å². The second-order valence-corrected chi connectivity index (χ2v) is 9.22. The largest absolute Gasteiger partial charge is 0.356 e. The number of carbonyl (C=O) groups excluding carboxylic acids is 2. The van der Waals surface area contributed by atoms with Crippen LogP contribution in [-0.4, -0.2) is 34.9 Å². The summed E-state index contributed by atoms with van der Waals surface area (Å²) < 4.78 is 0. The number of para-hydroxylation sites is 2. The van der Waals surface area contributed by atoms with Gasteiger partial charge in [-0.3, -0.25) is 19.8 Å². The molecule has 36 heavy (non-hydrogen) atoms. The number of benzene rings is 2. The van der Waals surface area contributed by atoms with Crippen molar-refractivity contribution in [2.75, 3.05) is 18.1 Å². The van der Waals surface area contributed by atoms with E-state index in [-0.39, 0.29) is 5.91 Å². The number of aromatic nitrogens is 1. The van der Waals surface area contributed by atoms with Gasteiger partial charge in [0.15, 0.2) is 0 Å². The maximum Gasteiger partial charge on any atom is 0.220 e. The van der Waals surface area contributed by atoms with E-state index in [2.05, 4.69) is 50.5 Å². The zero-order valence-electron chi connectivity index (χ0n) is 20.7. The van der Waals surface area contributed by atoms with Gasteiger partial charge in [0.2, 0.25) is 5.91 Å². The van der Waals surface area contributed by atoms with E-state index >= 15 is 0 Å². The molecule has 0 saturated carbocycles. The summed E-state index contributed by atoms with van der Waals surface area (Å²) in [5, 5.41) is 7.23. The van der Waals surface area contributed by atoms with Crippen molar-refractivity contribution in [1.29, 1.82) is 0 Å². The molecule has 1 amide bonds. The summed E-state index contributed by atoms with van der Waals surface area (Å²) in [5.41, 5.74) is 3.82. The van der Waals surface area contributed by atoms with Gasteiger partial charge in [-0.15, -0.1) is 0 Å². The summed E-state index contributed by atoms with van der Waals surface area (Å²) >= 11 is 0. The molecule has 1 aliphatic heterocycles. The predicted molar refractivity (Wildman–Crippen MR) is 143 cm³/mol. The Morgan fingerprint density at radius 1 is 1.00 bits per heavy atom. The van der Waals surface area contributed by atoms with Crippen molar-refractivity contribution in [2.24, 2.45) is 5.92 Å². The third-order valence-electron chi connectivity index (χ3n) is 6.63. The molecule has 2 aromatic carbocycles. The van der Waals surface area contributed by atoms with Gasteiger partial charge in [0.05, 0.1) is 11.4 Å². The van der Waals surface area contributed by atoms with Crippen LogP contribution in [0, 0.1) is 5.92 Å². The first-order valence-electron chi connectivity index (χ1n) is 12.8. The lowest BCUT2D eigenvalue weighted by molar-refractivity contribution is -0.121. The highest BCUT2D eigenvalue weighted by molar-refractivity contribution is 5.76. The molecule has 0 bridgehead atoms. The average molecular weight is 483 g/mol. The Labute approximate surface area is 213 Å². The molecule has 2 heterocycles. The molecule has 3 aromatic rings. The highest BCUT2D eigenvalue weighted by atomic mass is 16.1. The molecule has 1 aromatic heterocycles. The lowest BCUT2D eigenvalue weighted by Gasteiger charge is -2.42. The molecule has 1 saturated heterocycles. The van der Waals surface area contributed by atoms with Crippen LogP contribution in [0.25, 0.3) is 0 Å². The van der Waals surface area contributed by atoms with E-state index < -0.39 is 0 Å². The minimum absolute atomic E-state index is 0.0836. The van der Waals surface area contributed by atoms with E-state index in [0.717, 1.165) is 55.6 Å². The Kier molecular flexibility index (Phi) is 9.29. The third-order valence-corrected chi connectivity index (χ3v) is 6.63. The number of nitrogens with zero attached hydrogens (tertiary/aromatic N) is 3. The first-order chi connectivity index (χ1) is 17.7. The summed E-state index contributed by atoms with van der Waals surface area (Å²) in [7, 11) is 0. The summed E-state index contributed by atoms with van der Waals surface area (Å²) in [5.74, 6) is 2.77. The van der Waals surface area contributed by atoms with Crippen LogP contribution in [0.3, 0.4) is 0 Å². The fourth-order valence-corrected chi connectivity index (χ4v) is 4.73. The Balaban J connectivity index is 1.24. The van der Waals surface area contributed by atoms with E-state index in [4.69, 9.17) is 0 Å². The van der Waals surface area contributed by atoms with Gasteiger partial charge in [-0.25, -0.2) is 4.79 Å². The molecule has 0 spiro atoms. The van der Waals surface area contributed by atoms with Crippen molar-refractivity contribution in [1.82, 2.24) is 15.3 Å². The van der Waals surface area contributed by atoms with Crippen LogP contribution in [0.2, 0.25) is 0 Å². The normalized spacial score (nSPS) is 15.3. The summed E-state index contributed by atoms with van der Waals surface area (Å²) in [4.78, 5) is 28.2. The van der Waals surface area contributed by atoms with Crippen molar-refractivity contribution < 1.29 is 9.59 Å². The standard InChI is InChI=1S/C30H34N4O2/c35-24-29-22-25(10-7-8-20-32-30(36)17-16-26-11-9-19-31-23-26)18-21-33(29)34(27-12-3-1-4-13-27)28-14-5-2-6-15-28/h1-6,9,11-15,19,23,25H,7-8,10,16-18,20-22H2,(H,32,36). The van der Waals surface area contributed by atoms with Crippen molar-refractivity contribution >= 4 is 23.2 Å². The molecular formula is C30H34N4O2. The summed E-state index contributed by atoms with van der Waals surface area (Å²) in [6.45, 7) is 1.46. The van der Waals surface area contributed by atoms with E-state index in [1.165, 1.54) is 0 Å². The smallest absolute Gasteiger partial charge is 0.220 e. The maximum atomic E-state index is 12.1. The topological polar surface area (TPSA) is 65.5 Å². The monoisotopic (exact) mass is 482 g/mol. The summed E-state index contributed by atoms with van der Waals surface area (Å²) in [6, 6.07) is 24.2. The molecule has 6 nitrogen and oxygen atoms in total. The molecule has 1 atom stereocenters. The van der Waals surface area contributed by atoms with Crippen molar-refractivity contribution in [3.63, 3.8) is 0 Å². The van der Waals surface area contributed by atoms with Gasteiger partial charge in [-0.1, -0.05) is 48.9 Å². The van der Waals surface area contributed by atoms with Crippen LogP contribution >= 0.6 is 0 Å². The van der Waals surface area contributed by atoms with Gasteiger partial charge in [0, 0.05) is 38.3 Å². The SMILES string of the molecule is O=C=C1CC(CCCCNC(=O)CCc2cccnc2)CCN1N(c1ccccc1)c1ccccc1. The van der Waals surface area contributed by atoms with Gasteiger partial charge >= 0.3 is 0 Å². The van der Waals surface area contributed by atoms with Gasteiger partial charge in [-0.05, 0) is 67.5 Å². The number of pyridine rings is 1. The Morgan fingerprint density at radius 2 is 1.72 bits per heavy atom. The molecule has 1 aliphatic rings. The number of nitrogens with one attached hydrogen (secondary N) is 1. The number of hydrogen-bond donors (Lipinski definition) is 1. The van der Waals surface area contributed by atoms with Crippen molar-refractivity contribution in [2.45, 2.75) is 44.9 Å². The lowest BCUT2D eigenvalue weighted by Crippen LogP contribution is -2.43. The van der Waals surface area contributed by atoms with Crippen LogP contribution < -0.4 is 10.3 Å². The molecule has 1 unspecified atom stereocenters. The van der Waals surface area contributed by atoms with Gasteiger partial charge < -0.3 is 5.32 Å². The Hall–Kier alpha value is -3.89. The molecule has 0 radical (unpaired) electrons. The number of unbranched alkanes of at least 4 members (excludes halogenated alkanes) is 1. The highest BCUT2D eigenvalue weighted by Crippen LogP contribution is 2.35. The number of allylic oxidation sites excluding steroid dienone is 1. The predicted octanol–water partition coefficient (Wildman–Crippen LogP) is 5.48. The summed E-state index contributed by atoms with van der Waals surface area (Å²) in [6.07, 6.45) is 9.49. The fraction of sp³-hybridized carbons (Fsp3) is 0.333. The molecule has 4 rings (SSSR count). The quantitative estimate of drug-likeness (QED) is 0.290. The molecule has 0 aliphatic carbocycles. The van der Waals surface area contributed by atoms with Crippen molar-refractivity contribution in [3.8, 4) is 0 Å². The van der Waals surface area contributed by atoms with Gasteiger partial charge in [0.25, 0.3) is 0 Å². The third kappa shape index (κ3) is 7.06. The number of anilines is 2. The number of aryl methyl sites for hydroxylation is 1. The first kappa shape index (κ1) is 25.2. The number of rotatable bonds is 11. The number of piperidine rings is 1. The van der Waals surface area contributed by atoms with Crippen LogP contribution in [0.5, 0.6) is 0 Å². The average Bonchev–Trinajstić information content (AvgIpc) is 2.94. The Bertz CT molecular complexity index is 1090.